The maximum absolute atomic E-state index is 12.5. The Morgan fingerprint density at radius 3 is 2.16 bits per heavy atom. The zero-order valence-corrected chi connectivity index (χ0v) is 12.5. The molecule has 0 heterocycles. The van der Waals surface area contributed by atoms with Crippen LogP contribution in [0.2, 0.25) is 0 Å². The molecule has 0 spiro atoms. The lowest BCUT2D eigenvalue weighted by Gasteiger charge is -2.24. The lowest BCUT2D eigenvalue weighted by molar-refractivity contribution is 0.357. The fraction of sp³-hybridized carbons (Fsp3) is 0.571. The van der Waals surface area contributed by atoms with Crippen LogP contribution in [-0.4, -0.2) is 25.8 Å². The highest BCUT2D eigenvalue weighted by Gasteiger charge is 2.35. The minimum Gasteiger partial charge on any atom is -0.324 e. The van der Waals surface area contributed by atoms with E-state index in [1.807, 2.05) is 13.8 Å². The van der Waals surface area contributed by atoms with Gasteiger partial charge in [0.2, 0.25) is 10.0 Å². The summed E-state index contributed by atoms with van der Waals surface area (Å²) in [4.78, 5) is 0.340. The molecule has 2 unspecified atom stereocenters. The number of hydrogen-bond donors (Lipinski definition) is 1. The molecule has 2 atom stereocenters. The Labute approximate surface area is 115 Å². The van der Waals surface area contributed by atoms with E-state index in [2.05, 4.69) is 0 Å². The molecular weight excluding hydrogens is 260 g/mol. The summed E-state index contributed by atoms with van der Waals surface area (Å²) in [5, 5.41) is 0. The van der Waals surface area contributed by atoms with Crippen molar-refractivity contribution in [1.29, 1.82) is 0 Å². The summed E-state index contributed by atoms with van der Waals surface area (Å²) < 4.78 is 26.5. The zero-order chi connectivity index (χ0) is 14.2. The van der Waals surface area contributed by atoms with Gasteiger partial charge in [0.1, 0.15) is 0 Å². The molecule has 1 aliphatic rings. The van der Waals surface area contributed by atoms with Crippen LogP contribution in [-0.2, 0) is 10.0 Å². The third-order valence-corrected chi connectivity index (χ3v) is 5.92. The van der Waals surface area contributed by atoms with Crippen molar-refractivity contribution < 1.29 is 8.42 Å². The average Bonchev–Trinajstić information content (AvgIpc) is 3.21. The minimum atomic E-state index is -3.39. The van der Waals surface area contributed by atoms with Gasteiger partial charge in [0.15, 0.2) is 0 Å². The van der Waals surface area contributed by atoms with E-state index in [0.717, 1.165) is 18.4 Å². The molecule has 4 nitrogen and oxygen atoms in total. The van der Waals surface area contributed by atoms with Crippen LogP contribution in [0.15, 0.2) is 29.2 Å². The van der Waals surface area contributed by atoms with Gasteiger partial charge in [-0.15, -0.1) is 0 Å². The first-order valence-corrected chi connectivity index (χ1v) is 8.11. The number of hydrogen-bond acceptors (Lipinski definition) is 3. The van der Waals surface area contributed by atoms with Crippen LogP contribution in [0.3, 0.4) is 0 Å². The Hall–Kier alpha value is -0.910. The normalized spacial score (nSPS) is 19.4. The molecule has 2 N–H and O–H groups in total. The monoisotopic (exact) mass is 282 g/mol. The molecule has 0 aliphatic heterocycles. The van der Waals surface area contributed by atoms with Crippen LogP contribution in [0, 0.1) is 5.92 Å². The van der Waals surface area contributed by atoms with E-state index in [4.69, 9.17) is 5.73 Å². The van der Waals surface area contributed by atoms with Crippen molar-refractivity contribution in [2.24, 2.45) is 11.7 Å². The van der Waals surface area contributed by atoms with Gasteiger partial charge in [0, 0.05) is 19.1 Å². The summed E-state index contributed by atoms with van der Waals surface area (Å²) in [6.07, 6.45) is 2.26. The molecule has 1 fully saturated rings. The fourth-order valence-electron chi connectivity index (χ4n) is 2.20. The van der Waals surface area contributed by atoms with Gasteiger partial charge < -0.3 is 5.73 Å². The number of benzene rings is 1. The first kappa shape index (κ1) is 14.5. The minimum absolute atomic E-state index is 0.0677. The second-order valence-electron chi connectivity index (χ2n) is 5.46. The summed E-state index contributed by atoms with van der Waals surface area (Å²) in [5.74, 6) is 0.517. The van der Waals surface area contributed by atoms with Gasteiger partial charge in [0.25, 0.3) is 0 Å². The van der Waals surface area contributed by atoms with E-state index in [1.165, 1.54) is 4.31 Å². The molecule has 106 valence electrons. The Morgan fingerprint density at radius 2 is 1.74 bits per heavy atom. The average molecular weight is 282 g/mol. The first-order chi connectivity index (χ1) is 8.84. The molecule has 0 bridgehead atoms. The Balaban J connectivity index is 2.23. The fourth-order valence-corrected chi connectivity index (χ4v) is 3.63. The smallest absolute Gasteiger partial charge is 0.243 e. The Kier molecular flexibility index (Phi) is 3.99. The molecule has 0 aromatic heterocycles. The number of nitrogens with zero attached hydrogens (tertiary/aromatic N) is 1. The summed E-state index contributed by atoms with van der Waals surface area (Å²) in [6.45, 7) is 3.86. The summed E-state index contributed by atoms with van der Waals surface area (Å²) >= 11 is 0. The van der Waals surface area contributed by atoms with E-state index in [9.17, 15) is 8.42 Å². The lowest BCUT2D eigenvalue weighted by Crippen LogP contribution is -2.36. The van der Waals surface area contributed by atoms with Crippen LogP contribution < -0.4 is 5.73 Å². The number of nitrogens with two attached hydrogens (primary N) is 1. The molecule has 1 aromatic carbocycles. The lowest BCUT2D eigenvalue weighted by atomic mass is 10.1. The van der Waals surface area contributed by atoms with Crippen LogP contribution in [0.5, 0.6) is 0 Å². The third-order valence-electron chi connectivity index (χ3n) is 3.96. The summed E-state index contributed by atoms with van der Waals surface area (Å²) in [7, 11) is -1.73. The van der Waals surface area contributed by atoms with Gasteiger partial charge in [0.05, 0.1) is 4.90 Å². The van der Waals surface area contributed by atoms with Crippen molar-refractivity contribution >= 4 is 10.0 Å². The second kappa shape index (κ2) is 5.23. The maximum atomic E-state index is 12.5. The molecular formula is C14H22N2O2S. The standard InChI is InChI=1S/C14H22N2O2S/c1-10(15)12-6-8-14(9-7-12)19(17,18)16(3)11(2)13-4-5-13/h6-11,13H,4-5,15H2,1-3H3. The molecule has 5 heteroatoms. The molecule has 0 amide bonds. The van der Waals surface area contributed by atoms with Crippen LogP contribution in [0.1, 0.15) is 38.3 Å². The molecule has 0 radical (unpaired) electrons. The van der Waals surface area contributed by atoms with Gasteiger partial charge >= 0.3 is 0 Å². The van der Waals surface area contributed by atoms with Crippen molar-refractivity contribution in [2.45, 2.75) is 43.7 Å². The molecule has 19 heavy (non-hydrogen) atoms. The zero-order valence-electron chi connectivity index (χ0n) is 11.7. The van der Waals surface area contributed by atoms with Crippen molar-refractivity contribution in [2.75, 3.05) is 7.05 Å². The third kappa shape index (κ3) is 2.99. The second-order valence-corrected chi connectivity index (χ2v) is 7.45. The van der Waals surface area contributed by atoms with Crippen LogP contribution >= 0.6 is 0 Å². The van der Waals surface area contributed by atoms with Crippen molar-refractivity contribution in [3.63, 3.8) is 0 Å². The highest BCUT2D eigenvalue weighted by atomic mass is 32.2. The van der Waals surface area contributed by atoms with Gasteiger partial charge in [-0.1, -0.05) is 12.1 Å². The molecule has 1 aromatic rings. The van der Waals surface area contributed by atoms with Crippen molar-refractivity contribution in [3.8, 4) is 0 Å². The van der Waals surface area contributed by atoms with E-state index in [1.54, 1.807) is 31.3 Å². The van der Waals surface area contributed by atoms with E-state index < -0.39 is 10.0 Å². The predicted octanol–water partition coefficient (Wildman–Crippen LogP) is 2.13. The first-order valence-electron chi connectivity index (χ1n) is 6.67. The molecule has 1 saturated carbocycles. The van der Waals surface area contributed by atoms with Crippen LogP contribution in [0.4, 0.5) is 0 Å². The largest absolute Gasteiger partial charge is 0.324 e. The molecule has 1 aliphatic carbocycles. The Morgan fingerprint density at radius 1 is 1.21 bits per heavy atom. The molecule has 2 rings (SSSR count). The summed E-state index contributed by atoms with van der Waals surface area (Å²) in [5.41, 5.74) is 6.71. The van der Waals surface area contributed by atoms with Crippen molar-refractivity contribution in [1.82, 2.24) is 4.31 Å². The maximum Gasteiger partial charge on any atom is 0.243 e. The van der Waals surface area contributed by atoms with Crippen molar-refractivity contribution in [3.05, 3.63) is 29.8 Å². The summed E-state index contributed by atoms with van der Waals surface area (Å²) in [6, 6.07) is 6.84. The van der Waals surface area contributed by atoms with E-state index in [0.29, 0.717) is 10.8 Å². The quantitative estimate of drug-likeness (QED) is 0.899. The SMILES string of the molecule is CC(N)c1ccc(S(=O)(=O)N(C)C(C)C2CC2)cc1. The highest BCUT2D eigenvalue weighted by Crippen LogP contribution is 2.36. The van der Waals surface area contributed by atoms with Gasteiger partial charge in [-0.2, -0.15) is 4.31 Å². The van der Waals surface area contributed by atoms with Gasteiger partial charge in [-0.05, 0) is 50.3 Å². The van der Waals surface area contributed by atoms with E-state index in [-0.39, 0.29) is 12.1 Å². The molecule has 0 saturated heterocycles. The van der Waals surface area contributed by atoms with E-state index >= 15 is 0 Å². The predicted molar refractivity (Wildman–Crippen MR) is 76.2 cm³/mol. The topological polar surface area (TPSA) is 63.4 Å². The van der Waals surface area contributed by atoms with Gasteiger partial charge in [-0.3, -0.25) is 0 Å². The number of rotatable bonds is 5. The Bertz CT molecular complexity index is 533. The van der Waals surface area contributed by atoms with Gasteiger partial charge in [-0.25, -0.2) is 8.42 Å². The number of sulfonamides is 1. The van der Waals surface area contributed by atoms with Crippen LogP contribution in [0.25, 0.3) is 0 Å². The highest BCUT2D eigenvalue weighted by molar-refractivity contribution is 7.89.